The number of nitrogens with zero attached hydrogens (tertiary/aromatic N) is 4. The summed E-state index contributed by atoms with van der Waals surface area (Å²) in [6.45, 7) is 8.23. The van der Waals surface area contributed by atoms with Crippen LogP contribution in [0, 0.1) is 6.92 Å². The molecule has 1 N–H and O–H groups in total. The van der Waals surface area contributed by atoms with Crippen molar-refractivity contribution < 1.29 is 4.79 Å². The number of rotatable bonds is 6. The lowest BCUT2D eigenvalue weighted by Crippen LogP contribution is -2.41. The van der Waals surface area contributed by atoms with Crippen LogP contribution in [0.4, 0.5) is 5.69 Å². The molecular formula is C22H29N5OS. The Morgan fingerprint density at radius 2 is 2.24 bits per heavy atom. The second-order valence-corrected chi connectivity index (χ2v) is 8.99. The van der Waals surface area contributed by atoms with Gasteiger partial charge in [-0.1, -0.05) is 18.2 Å². The largest absolute Gasteiger partial charge is 0.356 e. The normalized spacial score (nSPS) is 19.2. The number of thiazole rings is 1. The number of aliphatic imine (C=N–C) groups is 1. The van der Waals surface area contributed by atoms with Gasteiger partial charge in [0, 0.05) is 55.3 Å². The van der Waals surface area contributed by atoms with Gasteiger partial charge in [-0.25, -0.2) is 9.98 Å². The number of carbonyl (C=O) groups excluding carboxylic acids is 1. The molecule has 2 aromatic rings. The predicted molar refractivity (Wildman–Crippen MR) is 119 cm³/mol. The van der Waals surface area contributed by atoms with Crippen molar-refractivity contribution in [1.82, 2.24) is 15.2 Å². The molecule has 154 valence electrons. The number of fused-ring (bicyclic) bond motifs is 1. The van der Waals surface area contributed by atoms with Gasteiger partial charge in [0.1, 0.15) is 5.01 Å². The highest BCUT2D eigenvalue weighted by Crippen LogP contribution is 2.38. The minimum absolute atomic E-state index is 0.307. The Hall–Kier alpha value is -2.41. The lowest BCUT2D eigenvalue weighted by atomic mass is 9.98. The Morgan fingerprint density at radius 1 is 1.38 bits per heavy atom. The Labute approximate surface area is 176 Å². The monoisotopic (exact) mass is 411 g/mol. The molecule has 1 atom stereocenters. The van der Waals surface area contributed by atoms with Gasteiger partial charge in [-0.05, 0) is 38.3 Å². The zero-order valence-electron chi connectivity index (χ0n) is 17.2. The van der Waals surface area contributed by atoms with Gasteiger partial charge in [0.25, 0.3) is 0 Å². The van der Waals surface area contributed by atoms with E-state index in [-0.39, 0.29) is 0 Å². The molecule has 0 spiro atoms. The second-order valence-electron chi connectivity index (χ2n) is 7.67. The first kappa shape index (κ1) is 19.9. The van der Waals surface area contributed by atoms with Gasteiger partial charge >= 0.3 is 0 Å². The van der Waals surface area contributed by atoms with E-state index in [1.54, 1.807) is 11.3 Å². The smallest absolute Gasteiger partial charge is 0.222 e. The van der Waals surface area contributed by atoms with Crippen molar-refractivity contribution in [3.63, 3.8) is 0 Å². The van der Waals surface area contributed by atoms with Crippen molar-refractivity contribution in [3.8, 4) is 0 Å². The SMILES string of the molecule is CCNC(=NCc1ncc(C)s1)N1CC(CCN2CCCC2=O)c2ccccc21. The molecule has 0 radical (unpaired) electrons. The van der Waals surface area contributed by atoms with Crippen molar-refractivity contribution in [2.45, 2.75) is 45.6 Å². The fraction of sp³-hybridized carbons (Fsp3) is 0.500. The highest BCUT2D eigenvalue weighted by atomic mass is 32.1. The minimum atomic E-state index is 0.307. The van der Waals surface area contributed by atoms with E-state index >= 15 is 0 Å². The van der Waals surface area contributed by atoms with Crippen LogP contribution < -0.4 is 10.2 Å². The third-order valence-corrected chi connectivity index (χ3v) is 6.51. The number of amides is 1. The van der Waals surface area contributed by atoms with Crippen LogP contribution in [0.1, 0.15) is 47.6 Å². The number of likely N-dealkylation sites (tertiary alicyclic amines) is 1. The summed E-state index contributed by atoms with van der Waals surface area (Å²) in [5, 5.41) is 4.49. The molecular weight excluding hydrogens is 382 g/mol. The Bertz CT molecular complexity index is 893. The van der Waals surface area contributed by atoms with Crippen molar-refractivity contribution in [1.29, 1.82) is 0 Å². The number of aromatic nitrogens is 1. The maximum Gasteiger partial charge on any atom is 0.222 e. The third kappa shape index (κ3) is 4.45. The van der Waals surface area contributed by atoms with Gasteiger partial charge < -0.3 is 15.1 Å². The number of para-hydroxylation sites is 1. The van der Waals surface area contributed by atoms with Crippen LogP contribution in [-0.2, 0) is 11.3 Å². The molecule has 1 saturated heterocycles. The van der Waals surface area contributed by atoms with E-state index in [4.69, 9.17) is 4.99 Å². The fourth-order valence-corrected chi connectivity index (χ4v) is 4.92. The average molecular weight is 412 g/mol. The van der Waals surface area contributed by atoms with E-state index in [1.165, 1.54) is 16.1 Å². The van der Waals surface area contributed by atoms with E-state index in [0.29, 0.717) is 24.8 Å². The van der Waals surface area contributed by atoms with Crippen LogP contribution in [0.2, 0.25) is 0 Å². The molecule has 4 rings (SSSR count). The Kier molecular flexibility index (Phi) is 6.13. The van der Waals surface area contributed by atoms with Crippen LogP contribution >= 0.6 is 11.3 Å². The van der Waals surface area contributed by atoms with Crippen molar-refractivity contribution in [3.05, 3.63) is 45.9 Å². The average Bonchev–Trinajstić information content (AvgIpc) is 3.42. The molecule has 0 saturated carbocycles. The van der Waals surface area contributed by atoms with Crippen LogP contribution in [0.25, 0.3) is 0 Å². The van der Waals surface area contributed by atoms with Gasteiger partial charge in [0.2, 0.25) is 5.91 Å². The number of guanidine groups is 1. The number of benzene rings is 1. The van der Waals surface area contributed by atoms with Gasteiger partial charge in [-0.2, -0.15) is 0 Å². The molecule has 1 fully saturated rings. The van der Waals surface area contributed by atoms with E-state index < -0.39 is 0 Å². The second kappa shape index (κ2) is 8.95. The summed E-state index contributed by atoms with van der Waals surface area (Å²) in [6, 6.07) is 8.60. The number of hydrogen-bond acceptors (Lipinski definition) is 4. The van der Waals surface area contributed by atoms with E-state index in [2.05, 4.69) is 53.3 Å². The van der Waals surface area contributed by atoms with Crippen LogP contribution in [0.3, 0.4) is 0 Å². The summed E-state index contributed by atoms with van der Waals surface area (Å²) in [6.07, 6.45) is 4.61. The molecule has 6 nitrogen and oxygen atoms in total. The molecule has 1 aromatic carbocycles. The van der Waals surface area contributed by atoms with E-state index in [9.17, 15) is 4.79 Å². The summed E-state index contributed by atoms with van der Waals surface area (Å²) in [4.78, 5) is 26.8. The molecule has 3 heterocycles. The quantitative estimate of drug-likeness (QED) is 0.583. The minimum Gasteiger partial charge on any atom is -0.356 e. The molecule has 1 unspecified atom stereocenters. The predicted octanol–water partition coefficient (Wildman–Crippen LogP) is 3.53. The third-order valence-electron chi connectivity index (χ3n) is 5.61. The zero-order chi connectivity index (χ0) is 20.2. The lowest BCUT2D eigenvalue weighted by Gasteiger charge is -2.23. The topological polar surface area (TPSA) is 60.8 Å². The number of anilines is 1. The number of carbonyl (C=O) groups is 1. The number of nitrogens with one attached hydrogen (secondary N) is 1. The summed E-state index contributed by atoms with van der Waals surface area (Å²) >= 11 is 1.70. The van der Waals surface area contributed by atoms with Gasteiger partial charge in [-0.3, -0.25) is 4.79 Å². The first-order chi connectivity index (χ1) is 14.2. The summed E-state index contributed by atoms with van der Waals surface area (Å²) in [5.41, 5.74) is 2.58. The maximum atomic E-state index is 12.0. The van der Waals surface area contributed by atoms with Gasteiger partial charge in [0.15, 0.2) is 5.96 Å². The summed E-state index contributed by atoms with van der Waals surface area (Å²) in [5.74, 6) is 1.62. The van der Waals surface area contributed by atoms with Crippen molar-refractivity contribution >= 4 is 28.9 Å². The van der Waals surface area contributed by atoms with Gasteiger partial charge in [-0.15, -0.1) is 11.3 Å². The van der Waals surface area contributed by atoms with Crippen LogP contribution in [0.15, 0.2) is 35.5 Å². The highest BCUT2D eigenvalue weighted by Gasteiger charge is 2.32. The van der Waals surface area contributed by atoms with E-state index in [1.807, 2.05) is 11.1 Å². The standard InChI is InChI=1S/C22H29N5OS/c1-3-23-22(25-14-20-24-13-16(2)29-20)27-15-17(18-7-4-5-8-19(18)27)10-12-26-11-6-9-21(26)28/h4-5,7-8,13,17H,3,6,9-12,14-15H2,1-2H3,(H,23,25). The first-order valence-electron chi connectivity index (χ1n) is 10.5. The number of aryl methyl sites for hydroxylation is 1. The number of hydrogen-bond donors (Lipinski definition) is 1. The molecule has 1 amide bonds. The fourth-order valence-electron chi connectivity index (χ4n) is 4.21. The Morgan fingerprint density at radius 3 is 2.97 bits per heavy atom. The van der Waals surface area contributed by atoms with Crippen LogP contribution in [0.5, 0.6) is 0 Å². The first-order valence-corrected chi connectivity index (χ1v) is 11.3. The molecule has 2 aliphatic rings. The molecule has 0 aliphatic carbocycles. The molecule has 0 bridgehead atoms. The van der Waals surface area contributed by atoms with Crippen molar-refractivity contribution in [2.75, 3.05) is 31.1 Å². The molecule has 7 heteroatoms. The summed E-state index contributed by atoms with van der Waals surface area (Å²) < 4.78 is 0. The van der Waals surface area contributed by atoms with Crippen LogP contribution in [-0.4, -0.2) is 47.9 Å². The molecule has 2 aliphatic heterocycles. The maximum absolute atomic E-state index is 12.0. The van der Waals surface area contributed by atoms with Crippen molar-refractivity contribution in [2.24, 2.45) is 4.99 Å². The molecule has 1 aromatic heterocycles. The zero-order valence-corrected chi connectivity index (χ0v) is 18.0. The van der Waals surface area contributed by atoms with Gasteiger partial charge in [0.05, 0.1) is 6.54 Å². The summed E-state index contributed by atoms with van der Waals surface area (Å²) in [7, 11) is 0. The Balaban J connectivity index is 1.51. The highest BCUT2D eigenvalue weighted by molar-refractivity contribution is 7.11. The lowest BCUT2D eigenvalue weighted by molar-refractivity contribution is -0.127. The van der Waals surface area contributed by atoms with E-state index in [0.717, 1.165) is 50.0 Å². The molecule has 29 heavy (non-hydrogen) atoms.